The highest BCUT2D eigenvalue weighted by atomic mass is 79.9. The number of carbonyl (C=O) groups excluding carboxylic acids is 1. The molecule has 0 aliphatic carbocycles. The predicted molar refractivity (Wildman–Crippen MR) is 73.9 cm³/mol. The van der Waals surface area contributed by atoms with Crippen molar-refractivity contribution in [3.8, 4) is 0 Å². The molecule has 1 unspecified atom stereocenters. The number of hydrogen-bond donors (Lipinski definition) is 0. The van der Waals surface area contributed by atoms with Crippen LogP contribution in [0.3, 0.4) is 0 Å². The van der Waals surface area contributed by atoms with Crippen LogP contribution in [0.4, 0.5) is 5.69 Å². The molecule has 0 N–H and O–H groups in total. The lowest BCUT2D eigenvalue weighted by molar-refractivity contribution is 0.112. The summed E-state index contributed by atoms with van der Waals surface area (Å²) in [7, 11) is 1.69. The van der Waals surface area contributed by atoms with Crippen LogP contribution in [0.2, 0.25) is 0 Å². The van der Waals surface area contributed by atoms with Crippen LogP contribution in [0.15, 0.2) is 22.7 Å². The Bertz CT molecular complexity index is 382. The van der Waals surface area contributed by atoms with E-state index in [1.165, 1.54) is 0 Å². The highest BCUT2D eigenvalue weighted by Crippen LogP contribution is 2.24. The van der Waals surface area contributed by atoms with Crippen LogP contribution in [0.5, 0.6) is 0 Å². The summed E-state index contributed by atoms with van der Waals surface area (Å²) in [4.78, 5) is 13.3. The number of likely N-dealkylation sites (N-methyl/N-ethyl adjacent to an activating group) is 1. The van der Waals surface area contributed by atoms with Gasteiger partial charge in [-0.1, -0.05) is 15.9 Å². The normalized spacial score (nSPS) is 12.2. The van der Waals surface area contributed by atoms with Gasteiger partial charge < -0.3 is 9.64 Å². The Labute approximate surface area is 111 Å². The molecule has 0 radical (unpaired) electrons. The molecule has 17 heavy (non-hydrogen) atoms. The van der Waals surface area contributed by atoms with Gasteiger partial charge in [-0.2, -0.15) is 0 Å². The minimum Gasteiger partial charge on any atom is -0.383 e. The quantitative estimate of drug-likeness (QED) is 0.756. The molecule has 0 aliphatic heterocycles. The van der Waals surface area contributed by atoms with E-state index < -0.39 is 0 Å². The second-order valence-electron chi connectivity index (χ2n) is 3.91. The van der Waals surface area contributed by atoms with E-state index in [4.69, 9.17) is 4.74 Å². The van der Waals surface area contributed by atoms with Crippen LogP contribution in [0.1, 0.15) is 24.2 Å². The number of halogens is 1. The maximum atomic E-state index is 11.1. The van der Waals surface area contributed by atoms with Crippen LogP contribution in [0.25, 0.3) is 0 Å². The minimum absolute atomic E-state index is 0.241. The molecule has 4 heteroatoms. The van der Waals surface area contributed by atoms with Gasteiger partial charge in [-0.25, -0.2) is 0 Å². The van der Waals surface area contributed by atoms with Crippen molar-refractivity contribution in [1.82, 2.24) is 0 Å². The van der Waals surface area contributed by atoms with E-state index in [-0.39, 0.29) is 6.04 Å². The molecule has 0 spiro atoms. The van der Waals surface area contributed by atoms with Gasteiger partial charge >= 0.3 is 0 Å². The number of methoxy groups -OCH3 is 1. The summed E-state index contributed by atoms with van der Waals surface area (Å²) in [5, 5.41) is 0. The van der Waals surface area contributed by atoms with Crippen molar-refractivity contribution in [2.45, 2.75) is 19.9 Å². The Morgan fingerprint density at radius 3 is 2.76 bits per heavy atom. The zero-order chi connectivity index (χ0) is 12.8. The Morgan fingerprint density at radius 2 is 2.24 bits per heavy atom. The predicted octanol–water partition coefficient (Wildman–Crippen LogP) is 3.12. The first-order valence-corrected chi connectivity index (χ1v) is 6.43. The number of aldehydes is 1. The van der Waals surface area contributed by atoms with Gasteiger partial charge in [0.25, 0.3) is 0 Å². The molecule has 0 fully saturated rings. The number of ether oxygens (including phenoxy) is 1. The van der Waals surface area contributed by atoms with Crippen molar-refractivity contribution < 1.29 is 9.53 Å². The summed E-state index contributed by atoms with van der Waals surface area (Å²) < 4.78 is 6.08. The number of carbonyl (C=O) groups is 1. The Hall–Kier alpha value is -0.870. The molecule has 1 aromatic rings. The zero-order valence-electron chi connectivity index (χ0n) is 10.4. The lowest BCUT2D eigenvalue weighted by Crippen LogP contribution is -2.36. The fourth-order valence-electron chi connectivity index (χ4n) is 1.93. The Kier molecular flexibility index (Phi) is 5.65. The fraction of sp³-hybridized carbons (Fsp3) is 0.462. The molecule has 0 amide bonds. The van der Waals surface area contributed by atoms with Crippen molar-refractivity contribution in [2.24, 2.45) is 0 Å². The molecule has 1 rings (SSSR count). The van der Waals surface area contributed by atoms with Gasteiger partial charge in [0.05, 0.1) is 6.61 Å². The van der Waals surface area contributed by atoms with Gasteiger partial charge in [-0.05, 0) is 32.0 Å². The first-order valence-electron chi connectivity index (χ1n) is 5.64. The highest BCUT2D eigenvalue weighted by molar-refractivity contribution is 9.10. The number of hydrogen-bond acceptors (Lipinski definition) is 3. The van der Waals surface area contributed by atoms with Crippen molar-refractivity contribution >= 4 is 27.9 Å². The van der Waals surface area contributed by atoms with Crippen LogP contribution in [0, 0.1) is 0 Å². The monoisotopic (exact) mass is 299 g/mol. The molecular weight excluding hydrogens is 282 g/mol. The maximum Gasteiger partial charge on any atom is 0.152 e. The third kappa shape index (κ3) is 3.54. The van der Waals surface area contributed by atoms with E-state index >= 15 is 0 Å². The average molecular weight is 300 g/mol. The minimum atomic E-state index is 0.241. The molecule has 1 aromatic carbocycles. The van der Waals surface area contributed by atoms with E-state index in [9.17, 15) is 4.79 Å². The maximum absolute atomic E-state index is 11.1. The SMILES string of the molecule is CCN(c1ccc(Br)cc1C=O)C(C)COC. The number of nitrogens with zero attached hydrogens (tertiary/aromatic N) is 1. The second kappa shape index (κ2) is 6.77. The zero-order valence-corrected chi connectivity index (χ0v) is 12.0. The van der Waals surface area contributed by atoms with Gasteiger partial charge in [-0.3, -0.25) is 4.79 Å². The molecule has 0 bridgehead atoms. The summed E-state index contributed by atoms with van der Waals surface area (Å²) in [6.45, 7) is 5.64. The molecule has 0 aromatic heterocycles. The molecule has 0 aliphatic rings. The van der Waals surface area contributed by atoms with Crippen molar-refractivity contribution in [2.75, 3.05) is 25.2 Å². The summed E-state index contributed by atoms with van der Waals surface area (Å²) in [6.07, 6.45) is 0.891. The first-order chi connectivity index (χ1) is 8.13. The summed E-state index contributed by atoms with van der Waals surface area (Å²) >= 11 is 3.37. The highest BCUT2D eigenvalue weighted by Gasteiger charge is 2.15. The van der Waals surface area contributed by atoms with Gasteiger partial charge in [0.2, 0.25) is 0 Å². The van der Waals surface area contributed by atoms with Crippen LogP contribution in [-0.4, -0.2) is 32.6 Å². The van der Waals surface area contributed by atoms with E-state index in [0.717, 1.165) is 23.0 Å². The molecule has 0 saturated carbocycles. The van der Waals surface area contributed by atoms with Crippen LogP contribution >= 0.6 is 15.9 Å². The van der Waals surface area contributed by atoms with Crippen molar-refractivity contribution in [3.63, 3.8) is 0 Å². The van der Waals surface area contributed by atoms with Gasteiger partial charge in [-0.15, -0.1) is 0 Å². The molecule has 1 atom stereocenters. The smallest absolute Gasteiger partial charge is 0.152 e. The first kappa shape index (κ1) is 14.2. The van der Waals surface area contributed by atoms with Gasteiger partial charge in [0.1, 0.15) is 0 Å². The molecule has 94 valence electrons. The number of rotatable bonds is 6. The average Bonchev–Trinajstić information content (AvgIpc) is 2.32. The number of anilines is 1. The molecule has 0 saturated heterocycles. The van der Waals surface area contributed by atoms with Crippen LogP contribution < -0.4 is 4.90 Å². The largest absolute Gasteiger partial charge is 0.383 e. The molecule has 0 heterocycles. The van der Waals surface area contributed by atoms with Crippen molar-refractivity contribution in [1.29, 1.82) is 0 Å². The van der Waals surface area contributed by atoms with E-state index in [1.54, 1.807) is 7.11 Å². The third-order valence-electron chi connectivity index (χ3n) is 2.71. The van der Waals surface area contributed by atoms with E-state index in [0.29, 0.717) is 12.2 Å². The van der Waals surface area contributed by atoms with Gasteiger partial charge in [0.15, 0.2) is 6.29 Å². The summed E-state index contributed by atoms with van der Waals surface area (Å²) in [5.41, 5.74) is 1.65. The fourth-order valence-corrected chi connectivity index (χ4v) is 2.31. The second-order valence-corrected chi connectivity index (χ2v) is 4.83. The third-order valence-corrected chi connectivity index (χ3v) is 3.20. The van der Waals surface area contributed by atoms with Gasteiger partial charge in [0, 0.05) is 35.4 Å². The summed E-state index contributed by atoms with van der Waals surface area (Å²) in [5.74, 6) is 0. The Balaban J connectivity index is 3.06. The summed E-state index contributed by atoms with van der Waals surface area (Å²) in [6, 6.07) is 5.99. The Morgan fingerprint density at radius 1 is 1.53 bits per heavy atom. The van der Waals surface area contributed by atoms with Crippen LogP contribution in [-0.2, 0) is 4.74 Å². The standard InChI is InChI=1S/C13H18BrNO2/c1-4-15(10(2)9-17-3)13-6-5-12(14)7-11(13)8-16/h5-8,10H,4,9H2,1-3H3. The lowest BCUT2D eigenvalue weighted by Gasteiger charge is -2.30. The van der Waals surface area contributed by atoms with E-state index in [2.05, 4.69) is 34.7 Å². The molecular formula is C13H18BrNO2. The topological polar surface area (TPSA) is 29.5 Å². The lowest BCUT2D eigenvalue weighted by atomic mass is 10.1. The van der Waals surface area contributed by atoms with Crippen molar-refractivity contribution in [3.05, 3.63) is 28.2 Å². The molecule has 3 nitrogen and oxygen atoms in total. The number of benzene rings is 1. The van der Waals surface area contributed by atoms with E-state index in [1.807, 2.05) is 18.2 Å².